The Morgan fingerprint density at radius 1 is 1.41 bits per heavy atom. The molecule has 0 fully saturated rings. The summed E-state index contributed by atoms with van der Waals surface area (Å²) in [5.41, 5.74) is 0.560. The van der Waals surface area contributed by atoms with Gasteiger partial charge >= 0.3 is 0 Å². The van der Waals surface area contributed by atoms with Crippen molar-refractivity contribution < 1.29 is 4.79 Å². The second-order valence-electron chi connectivity index (χ2n) is 3.13. The molecule has 0 saturated heterocycles. The quantitative estimate of drug-likeness (QED) is 0.943. The zero-order valence-electron chi connectivity index (χ0n) is 8.72. The van der Waals surface area contributed by atoms with E-state index >= 15 is 0 Å². The smallest absolute Gasteiger partial charge is 0.253 e. The highest BCUT2D eigenvalue weighted by Crippen LogP contribution is 2.21. The summed E-state index contributed by atoms with van der Waals surface area (Å²) >= 11 is 7.25. The molecule has 0 spiro atoms. The lowest BCUT2D eigenvalue weighted by Crippen LogP contribution is -2.22. The summed E-state index contributed by atoms with van der Waals surface area (Å²) < 4.78 is 0.727. The van der Waals surface area contributed by atoms with Crippen molar-refractivity contribution in [3.05, 3.63) is 51.4 Å². The van der Waals surface area contributed by atoms with Gasteiger partial charge in [-0.2, -0.15) is 0 Å². The predicted molar refractivity (Wildman–Crippen MR) is 72.0 cm³/mol. The molecule has 1 N–H and O–H groups in total. The summed E-state index contributed by atoms with van der Waals surface area (Å²) in [5.74, 6) is -0.127. The fraction of sp³-hybridized carbons (Fsp3) is 0.0909. The topological polar surface area (TPSA) is 42.0 Å². The van der Waals surface area contributed by atoms with Crippen LogP contribution in [-0.4, -0.2) is 10.9 Å². The predicted octanol–water partition coefficient (Wildman–Crippen LogP) is 3.15. The van der Waals surface area contributed by atoms with Crippen LogP contribution >= 0.6 is 35.3 Å². The third-order valence-electron chi connectivity index (χ3n) is 1.98. The van der Waals surface area contributed by atoms with Gasteiger partial charge in [0.05, 0.1) is 16.4 Å². The number of rotatable bonds is 3. The van der Waals surface area contributed by atoms with Gasteiger partial charge in [0, 0.05) is 17.3 Å². The van der Waals surface area contributed by atoms with Gasteiger partial charge in [0.1, 0.15) is 0 Å². The summed E-state index contributed by atoms with van der Waals surface area (Å²) in [6.07, 6.45) is 3.17. The first-order chi connectivity index (χ1) is 7.75. The third-order valence-corrected chi connectivity index (χ3v) is 3.21. The van der Waals surface area contributed by atoms with Gasteiger partial charge in [-0.3, -0.25) is 9.78 Å². The van der Waals surface area contributed by atoms with Crippen molar-refractivity contribution in [2.45, 2.75) is 6.54 Å². The molecule has 2 aromatic heterocycles. The molecule has 0 radical (unpaired) electrons. The van der Waals surface area contributed by atoms with Crippen LogP contribution in [0.3, 0.4) is 0 Å². The fourth-order valence-electron chi connectivity index (χ4n) is 1.21. The van der Waals surface area contributed by atoms with Crippen LogP contribution in [-0.2, 0) is 6.54 Å². The van der Waals surface area contributed by atoms with E-state index < -0.39 is 0 Å². The lowest BCUT2D eigenvalue weighted by Gasteiger charge is -2.02. The molecule has 0 aliphatic carbocycles. The van der Waals surface area contributed by atoms with Gasteiger partial charge in [0.15, 0.2) is 0 Å². The van der Waals surface area contributed by atoms with Gasteiger partial charge in [0.2, 0.25) is 0 Å². The molecule has 90 valence electrons. The molecule has 0 atom stereocenters. The summed E-state index contributed by atoms with van der Waals surface area (Å²) in [7, 11) is 0. The molecule has 0 aliphatic rings. The van der Waals surface area contributed by atoms with E-state index in [1.165, 1.54) is 17.5 Å². The number of carbonyl (C=O) groups is 1. The normalized spacial score (nSPS) is 9.47. The van der Waals surface area contributed by atoms with E-state index in [4.69, 9.17) is 11.6 Å². The second-order valence-corrected chi connectivity index (χ2v) is 4.93. The van der Waals surface area contributed by atoms with Crippen molar-refractivity contribution in [3.63, 3.8) is 0 Å². The largest absolute Gasteiger partial charge is 0.347 e. The molecular formula is C11H10Cl2N2OS. The fourth-order valence-corrected chi connectivity index (χ4v) is 2.24. The minimum atomic E-state index is -0.127. The number of carbonyl (C=O) groups excluding carboxylic acids is 1. The molecule has 0 aliphatic heterocycles. The summed E-state index contributed by atoms with van der Waals surface area (Å²) in [6.45, 7) is 0.491. The van der Waals surface area contributed by atoms with Crippen molar-refractivity contribution in [3.8, 4) is 0 Å². The molecule has 17 heavy (non-hydrogen) atoms. The Balaban J connectivity index is 0.00000144. The third kappa shape index (κ3) is 4.00. The van der Waals surface area contributed by atoms with Crippen molar-refractivity contribution in [1.29, 1.82) is 0 Å². The van der Waals surface area contributed by atoms with Crippen LogP contribution in [0.5, 0.6) is 0 Å². The van der Waals surface area contributed by atoms with E-state index in [2.05, 4.69) is 10.3 Å². The summed E-state index contributed by atoms with van der Waals surface area (Å²) in [6, 6.07) is 7.18. The van der Waals surface area contributed by atoms with Gasteiger partial charge in [-0.25, -0.2) is 0 Å². The lowest BCUT2D eigenvalue weighted by molar-refractivity contribution is 0.0951. The molecule has 0 unspecified atom stereocenters. The maximum Gasteiger partial charge on any atom is 0.253 e. The molecule has 2 heterocycles. The molecule has 6 heteroatoms. The SMILES string of the molecule is Cl.O=C(NCc1ccc(Cl)s1)c1cccnc1. The van der Waals surface area contributed by atoms with Crippen LogP contribution in [0.25, 0.3) is 0 Å². The standard InChI is InChI=1S/C11H9ClN2OS.ClH/c12-10-4-3-9(16-10)7-14-11(15)8-2-1-5-13-6-8;/h1-6H,7H2,(H,14,15);1H. The lowest BCUT2D eigenvalue weighted by atomic mass is 10.3. The second kappa shape index (κ2) is 6.59. The van der Waals surface area contributed by atoms with Crippen molar-refractivity contribution in [1.82, 2.24) is 10.3 Å². The number of pyridine rings is 1. The number of aromatic nitrogens is 1. The molecule has 0 saturated carbocycles. The number of nitrogens with zero attached hydrogens (tertiary/aromatic N) is 1. The highest BCUT2D eigenvalue weighted by molar-refractivity contribution is 7.16. The molecule has 3 nitrogen and oxygen atoms in total. The van der Waals surface area contributed by atoms with Crippen LogP contribution in [0.4, 0.5) is 0 Å². The van der Waals surface area contributed by atoms with Crippen LogP contribution < -0.4 is 5.32 Å². The number of hydrogen-bond acceptors (Lipinski definition) is 3. The van der Waals surface area contributed by atoms with Crippen LogP contribution in [0.15, 0.2) is 36.7 Å². The summed E-state index contributed by atoms with van der Waals surface area (Å²) in [4.78, 5) is 16.6. The maximum atomic E-state index is 11.6. The number of amides is 1. The monoisotopic (exact) mass is 288 g/mol. The van der Waals surface area contributed by atoms with Crippen LogP contribution in [0.2, 0.25) is 4.34 Å². The first kappa shape index (κ1) is 14.0. The van der Waals surface area contributed by atoms with Crippen LogP contribution in [0, 0.1) is 0 Å². The molecule has 0 aromatic carbocycles. The number of nitrogens with one attached hydrogen (secondary N) is 1. The van der Waals surface area contributed by atoms with E-state index in [0.717, 1.165) is 9.21 Å². The van der Waals surface area contributed by atoms with Crippen LogP contribution in [0.1, 0.15) is 15.2 Å². The minimum absolute atomic E-state index is 0. The highest BCUT2D eigenvalue weighted by Gasteiger charge is 2.05. The minimum Gasteiger partial charge on any atom is -0.347 e. The first-order valence-corrected chi connectivity index (χ1v) is 5.87. The average molecular weight is 289 g/mol. The Morgan fingerprint density at radius 3 is 2.82 bits per heavy atom. The molecule has 0 bridgehead atoms. The van der Waals surface area contributed by atoms with E-state index in [9.17, 15) is 4.79 Å². The molecule has 2 aromatic rings. The molecule has 2 rings (SSSR count). The number of thiophene rings is 1. The van der Waals surface area contributed by atoms with Crippen molar-refractivity contribution in [2.24, 2.45) is 0 Å². The Hall–Kier alpha value is -1.10. The van der Waals surface area contributed by atoms with E-state index in [-0.39, 0.29) is 18.3 Å². The van der Waals surface area contributed by atoms with E-state index in [0.29, 0.717) is 12.1 Å². The number of hydrogen-bond donors (Lipinski definition) is 1. The Labute approximate surface area is 114 Å². The maximum absolute atomic E-state index is 11.6. The van der Waals surface area contributed by atoms with Crippen molar-refractivity contribution >= 4 is 41.3 Å². The first-order valence-electron chi connectivity index (χ1n) is 4.68. The van der Waals surface area contributed by atoms with Gasteiger partial charge in [-0.1, -0.05) is 11.6 Å². The Kier molecular flexibility index (Phi) is 5.41. The van der Waals surface area contributed by atoms with Crippen molar-refractivity contribution in [2.75, 3.05) is 0 Å². The average Bonchev–Trinajstić information content (AvgIpc) is 2.73. The molecule has 1 amide bonds. The zero-order chi connectivity index (χ0) is 11.4. The van der Waals surface area contributed by atoms with Gasteiger partial charge in [-0.05, 0) is 24.3 Å². The Morgan fingerprint density at radius 2 is 2.24 bits per heavy atom. The van der Waals surface area contributed by atoms with Gasteiger partial charge < -0.3 is 5.32 Å². The van der Waals surface area contributed by atoms with E-state index in [1.54, 1.807) is 18.3 Å². The van der Waals surface area contributed by atoms with Gasteiger partial charge in [0.25, 0.3) is 5.91 Å². The Bertz CT molecular complexity index is 487. The zero-order valence-corrected chi connectivity index (χ0v) is 11.1. The van der Waals surface area contributed by atoms with E-state index in [1.807, 2.05) is 12.1 Å². The number of halogens is 2. The highest BCUT2D eigenvalue weighted by atomic mass is 35.5. The molecular weight excluding hydrogens is 279 g/mol. The summed E-state index contributed by atoms with van der Waals surface area (Å²) in [5, 5.41) is 2.80. The van der Waals surface area contributed by atoms with Gasteiger partial charge in [-0.15, -0.1) is 23.7 Å².